The number of hydrogen-bond acceptors (Lipinski definition) is 3. The molecule has 14 heavy (non-hydrogen) atoms. The van der Waals surface area contributed by atoms with E-state index in [0.717, 1.165) is 0 Å². The molecule has 1 aliphatic rings. The lowest BCUT2D eigenvalue weighted by Gasteiger charge is -2.23. The van der Waals surface area contributed by atoms with E-state index in [4.69, 9.17) is 10.6 Å². The fourth-order valence-corrected chi connectivity index (χ4v) is 1.34. The van der Waals surface area contributed by atoms with Crippen molar-refractivity contribution in [2.24, 2.45) is 10.8 Å². The zero-order chi connectivity index (χ0) is 10.4. The van der Waals surface area contributed by atoms with Gasteiger partial charge in [-0.25, -0.2) is 10.8 Å². The molecule has 1 aliphatic carbocycles. The van der Waals surface area contributed by atoms with E-state index < -0.39 is 0 Å². The van der Waals surface area contributed by atoms with Crippen molar-refractivity contribution in [1.29, 1.82) is 0 Å². The van der Waals surface area contributed by atoms with Crippen LogP contribution in [0.3, 0.4) is 0 Å². The number of nitrogens with two attached hydrogens (primary N) is 1. The molecule has 5 heteroatoms. The third-order valence-electron chi connectivity index (χ3n) is 2.32. The maximum atomic E-state index is 5.36. The number of nitrogens with zero attached hydrogens (tertiary/aromatic N) is 1. The van der Waals surface area contributed by atoms with Crippen molar-refractivity contribution in [2.75, 3.05) is 13.7 Å². The molecule has 0 saturated heterocycles. The van der Waals surface area contributed by atoms with Crippen LogP contribution in [-0.4, -0.2) is 31.8 Å². The Morgan fingerprint density at radius 1 is 1.64 bits per heavy atom. The smallest absolute Gasteiger partial charge is 0.206 e. The Bertz CT molecular complexity index is 191. The van der Waals surface area contributed by atoms with Crippen molar-refractivity contribution >= 4 is 5.96 Å². The van der Waals surface area contributed by atoms with E-state index in [2.05, 4.69) is 15.7 Å². The van der Waals surface area contributed by atoms with Gasteiger partial charge in [0.1, 0.15) is 0 Å². The van der Waals surface area contributed by atoms with Gasteiger partial charge in [0, 0.05) is 13.2 Å². The molecule has 0 aliphatic heterocycles. The van der Waals surface area contributed by atoms with Crippen molar-refractivity contribution in [3.05, 3.63) is 0 Å². The van der Waals surface area contributed by atoms with Crippen LogP contribution >= 0.6 is 0 Å². The summed E-state index contributed by atoms with van der Waals surface area (Å²) >= 11 is 0. The number of aliphatic imine (C=N–C) groups is 1. The molecular formula is C9H20N4O. The SMILES string of the molecule is COCC(C)NC(=NC1CCC1)NN. The van der Waals surface area contributed by atoms with E-state index in [0.29, 0.717) is 18.6 Å². The molecule has 0 bridgehead atoms. The molecule has 0 radical (unpaired) electrons. The molecule has 1 saturated carbocycles. The average molecular weight is 200 g/mol. The zero-order valence-corrected chi connectivity index (χ0v) is 8.92. The highest BCUT2D eigenvalue weighted by Gasteiger charge is 2.17. The predicted octanol–water partition coefficient (Wildman–Crippen LogP) is -0.0173. The number of hydrogen-bond donors (Lipinski definition) is 3. The molecule has 0 heterocycles. The van der Waals surface area contributed by atoms with Gasteiger partial charge in [0.25, 0.3) is 0 Å². The molecule has 1 fully saturated rings. The first-order chi connectivity index (χ1) is 6.76. The minimum atomic E-state index is 0.217. The van der Waals surface area contributed by atoms with Gasteiger partial charge in [0.15, 0.2) is 0 Å². The number of hydrazine groups is 1. The van der Waals surface area contributed by atoms with Crippen molar-refractivity contribution in [1.82, 2.24) is 10.7 Å². The Balaban J connectivity index is 2.32. The van der Waals surface area contributed by atoms with Gasteiger partial charge in [-0.2, -0.15) is 0 Å². The quantitative estimate of drug-likeness (QED) is 0.258. The summed E-state index contributed by atoms with van der Waals surface area (Å²) in [6.07, 6.45) is 3.62. The molecule has 0 aromatic heterocycles. The largest absolute Gasteiger partial charge is 0.383 e. The van der Waals surface area contributed by atoms with Crippen LogP contribution in [0.1, 0.15) is 26.2 Å². The lowest BCUT2D eigenvalue weighted by molar-refractivity contribution is 0.179. The summed E-state index contributed by atoms with van der Waals surface area (Å²) in [4.78, 5) is 4.44. The highest BCUT2D eigenvalue weighted by molar-refractivity contribution is 5.79. The molecule has 1 unspecified atom stereocenters. The van der Waals surface area contributed by atoms with Gasteiger partial charge < -0.3 is 10.1 Å². The second-order valence-corrected chi connectivity index (χ2v) is 3.71. The Morgan fingerprint density at radius 3 is 2.79 bits per heavy atom. The Hall–Kier alpha value is -0.810. The van der Waals surface area contributed by atoms with Gasteiger partial charge in [0.2, 0.25) is 5.96 Å². The minimum absolute atomic E-state index is 0.217. The number of rotatable bonds is 4. The van der Waals surface area contributed by atoms with E-state index in [1.54, 1.807) is 7.11 Å². The Labute approximate surface area is 85.1 Å². The van der Waals surface area contributed by atoms with Crippen LogP contribution in [0, 0.1) is 0 Å². The summed E-state index contributed by atoms with van der Waals surface area (Å²) in [7, 11) is 1.68. The summed E-state index contributed by atoms with van der Waals surface area (Å²) in [5.41, 5.74) is 2.57. The molecule has 5 nitrogen and oxygen atoms in total. The number of guanidine groups is 1. The van der Waals surface area contributed by atoms with E-state index in [1.165, 1.54) is 19.3 Å². The molecular weight excluding hydrogens is 180 g/mol. The molecule has 1 rings (SSSR count). The Kier molecular flexibility index (Phi) is 4.69. The van der Waals surface area contributed by atoms with Crippen LogP contribution in [0.15, 0.2) is 4.99 Å². The summed E-state index contributed by atoms with van der Waals surface area (Å²) in [6, 6.07) is 0.665. The average Bonchev–Trinajstić information content (AvgIpc) is 2.09. The normalized spacial score (nSPS) is 20.1. The van der Waals surface area contributed by atoms with Crippen LogP contribution in [0.25, 0.3) is 0 Å². The third kappa shape index (κ3) is 3.51. The monoisotopic (exact) mass is 200 g/mol. The van der Waals surface area contributed by atoms with Gasteiger partial charge in [0.05, 0.1) is 12.6 Å². The van der Waals surface area contributed by atoms with Crippen molar-refractivity contribution in [3.8, 4) is 0 Å². The first-order valence-electron chi connectivity index (χ1n) is 5.06. The fourth-order valence-electron chi connectivity index (χ4n) is 1.34. The Morgan fingerprint density at radius 2 is 2.36 bits per heavy atom. The molecule has 0 spiro atoms. The molecule has 0 aromatic carbocycles. The molecule has 82 valence electrons. The predicted molar refractivity (Wildman–Crippen MR) is 56.9 cm³/mol. The van der Waals surface area contributed by atoms with Gasteiger partial charge in [-0.1, -0.05) is 0 Å². The van der Waals surface area contributed by atoms with E-state index in [9.17, 15) is 0 Å². The third-order valence-corrected chi connectivity index (χ3v) is 2.32. The van der Waals surface area contributed by atoms with Crippen LogP contribution < -0.4 is 16.6 Å². The summed E-state index contributed by atoms with van der Waals surface area (Å²) in [6.45, 7) is 2.67. The van der Waals surface area contributed by atoms with E-state index in [-0.39, 0.29) is 6.04 Å². The summed E-state index contributed by atoms with van der Waals surface area (Å²) in [5, 5.41) is 3.16. The maximum Gasteiger partial charge on any atom is 0.206 e. The standard InChI is InChI=1S/C9H20N4O/c1-7(6-14-2)11-9(13-10)12-8-4-3-5-8/h7-8H,3-6,10H2,1-2H3,(H2,11,12,13). The van der Waals surface area contributed by atoms with Crippen LogP contribution in [0.2, 0.25) is 0 Å². The number of ether oxygens (including phenoxy) is 1. The van der Waals surface area contributed by atoms with Gasteiger partial charge >= 0.3 is 0 Å². The van der Waals surface area contributed by atoms with E-state index >= 15 is 0 Å². The van der Waals surface area contributed by atoms with Crippen molar-refractivity contribution in [2.45, 2.75) is 38.3 Å². The summed E-state index contributed by atoms with van der Waals surface area (Å²) in [5.74, 6) is 6.03. The second kappa shape index (κ2) is 5.82. The minimum Gasteiger partial charge on any atom is -0.383 e. The van der Waals surface area contributed by atoms with Crippen LogP contribution in [0.5, 0.6) is 0 Å². The van der Waals surface area contributed by atoms with Crippen molar-refractivity contribution < 1.29 is 4.74 Å². The maximum absolute atomic E-state index is 5.36. The van der Waals surface area contributed by atoms with E-state index in [1.807, 2.05) is 6.92 Å². The highest BCUT2D eigenvalue weighted by Crippen LogP contribution is 2.21. The fraction of sp³-hybridized carbons (Fsp3) is 0.889. The molecule has 0 amide bonds. The lowest BCUT2D eigenvalue weighted by atomic mass is 9.94. The summed E-state index contributed by atoms with van der Waals surface area (Å²) < 4.78 is 5.01. The molecule has 1 atom stereocenters. The highest BCUT2D eigenvalue weighted by atomic mass is 16.5. The zero-order valence-electron chi connectivity index (χ0n) is 8.92. The van der Waals surface area contributed by atoms with Crippen molar-refractivity contribution in [3.63, 3.8) is 0 Å². The first-order valence-corrected chi connectivity index (χ1v) is 5.06. The van der Waals surface area contributed by atoms with Crippen LogP contribution in [0.4, 0.5) is 0 Å². The number of methoxy groups -OCH3 is 1. The van der Waals surface area contributed by atoms with Gasteiger partial charge in [-0.15, -0.1) is 0 Å². The van der Waals surface area contributed by atoms with Gasteiger partial charge in [-0.3, -0.25) is 5.43 Å². The molecule has 0 aromatic rings. The number of nitrogens with one attached hydrogen (secondary N) is 2. The molecule has 4 N–H and O–H groups in total. The van der Waals surface area contributed by atoms with Gasteiger partial charge in [-0.05, 0) is 26.2 Å². The second-order valence-electron chi connectivity index (χ2n) is 3.71. The lowest BCUT2D eigenvalue weighted by Crippen LogP contribution is -2.47. The first kappa shape index (κ1) is 11.3. The topological polar surface area (TPSA) is 71.7 Å². The van der Waals surface area contributed by atoms with Crippen LogP contribution in [-0.2, 0) is 4.74 Å².